The number of aliphatic hydroxyl groups excluding tert-OH is 1. The third-order valence-electron chi connectivity index (χ3n) is 6.64. The van der Waals surface area contributed by atoms with Crippen LogP contribution in [0, 0.1) is 0 Å². The van der Waals surface area contributed by atoms with E-state index in [1.807, 2.05) is 60.7 Å². The summed E-state index contributed by atoms with van der Waals surface area (Å²) in [5.41, 5.74) is 1.87. The number of hydrogen-bond acceptors (Lipinski definition) is 6. The topological polar surface area (TPSA) is 93.1 Å². The number of nitrogens with zero attached hydrogens (tertiary/aromatic N) is 1. The minimum atomic E-state index is -3.79. The summed E-state index contributed by atoms with van der Waals surface area (Å²) >= 11 is 0. The average Bonchev–Trinajstić information content (AvgIpc) is 2.93. The number of amides is 1. The molecule has 1 aliphatic rings. The lowest BCUT2D eigenvalue weighted by Crippen LogP contribution is -2.59. The number of likely N-dealkylation sites (tertiary alicyclic amines) is 1. The van der Waals surface area contributed by atoms with Crippen molar-refractivity contribution in [2.24, 2.45) is 0 Å². The van der Waals surface area contributed by atoms with Crippen molar-refractivity contribution in [2.75, 3.05) is 13.4 Å². The van der Waals surface area contributed by atoms with E-state index in [0.29, 0.717) is 6.61 Å². The number of carbonyl (C=O) groups is 1. The molecule has 37 heavy (non-hydrogen) atoms. The minimum Gasteiger partial charge on any atom is -0.396 e. The lowest BCUT2D eigenvalue weighted by molar-refractivity contribution is -0.153. The fourth-order valence-corrected chi connectivity index (χ4v) is 6.84. The molecule has 1 aliphatic heterocycles. The Kier molecular flexibility index (Phi) is 9.46. The molecule has 1 amide bonds. The molecule has 0 bridgehead atoms. The van der Waals surface area contributed by atoms with Crippen molar-refractivity contribution in [2.45, 2.75) is 54.7 Å². The molecule has 1 fully saturated rings. The monoisotopic (exact) mass is 523 g/mol. The predicted molar refractivity (Wildman–Crippen MR) is 140 cm³/mol. The van der Waals surface area contributed by atoms with Crippen molar-refractivity contribution in [1.29, 1.82) is 0 Å². The molecule has 4 rings (SSSR count). The SMILES string of the molecule is O=C1CC[C@H](S(=O)(=O)c2ccccc2)[C@@H]([C@H](CCO)OCOCc2ccccc2)N1Cc1ccccc1. The van der Waals surface area contributed by atoms with Crippen LogP contribution in [-0.4, -0.2) is 55.1 Å². The maximum absolute atomic E-state index is 13.8. The molecule has 0 radical (unpaired) electrons. The highest BCUT2D eigenvalue weighted by atomic mass is 32.2. The highest BCUT2D eigenvalue weighted by Crippen LogP contribution is 2.34. The summed E-state index contributed by atoms with van der Waals surface area (Å²) in [6, 6.07) is 26.6. The quantitative estimate of drug-likeness (QED) is 0.285. The van der Waals surface area contributed by atoms with Crippen LogP contribution >= 0.6 is 0 Å². The third kappa shape index (κ3) is 6.84. The van der Waals surface area contributed by atoms with Crippen LogP contribution in [0.2, 0.25) is 0 Å². The standard InChI is InChI=1S/C29H33NO6S/c31-19-18-26(36-22-35-21-24-12-6-2-7-13-24)29-27(37(33,34)25-14-8-3-9-15-25)16-17-28(32)30(29)20-23-10-4-1-5-11-23/h1-15,26-27,29,31H,16-22H2/t26-,27-,29+/m0/s1. The van der Waals surface area contributed by atoms with Crippen LogP contribution < -0.4 is 0 Å². The van der Waals surface area contributed by atoms with Crippen LogP contribution in [-0.2, 0) is 37.3 Å². The molecule has 0 saturated carbocycles. The summed E-state index contributed by atoms with van der Waals surface area (Å²) in [5, 5.41) is 8.99. The Hall–Kier alpha value is -3.04. The smallest absolute Gasteiger partial charge is 0.223 e. The van der Waals surface area contributed by atoms with Crippen molar-refractivity contribution in [1.82, 2.24) is 4.90 Å². The fraction of sp³-hybridized carbons (Fsp3) is 0.345. The molecular weight excluding hydrogens is 490 g/mol. The van der Waals surface area contributed by atoms with Gasteiger partial charge in [-0.1, -0.05) is 78.9 Å². The van der Waals surface area contributed by atoms with Crippen LogP contribution in [0.3, 0.4) is 0 Å². The molecule has 0 aromatic heterocycles. The number of ether oxygens (including phenoxy) is 2. The zero-order chi connectivity index (χ0) is 26.1. The van der Waals surface area contributed by atoms with Crippen molar-refractivity contribution in [3.05, 3.63) is 102 Å². The molecule has 0 unspecified atom stereocenters. The third-order valence-corrected chi connectivity index (χ3v) is 8.88. The Morgan fingerprint density at radius 1 is 0.892 bits per heavy atom. The van der Waals surface area contributed by atoms with E-state index in [9.17, 15) is 18.3 Å². The molecule has 7 nitrogen and oxygen atoms in total. The second-order valence-electron chi connectivity index (χ2n) is 9.10. The molecule has 0 spiro atoms. The highest BCUT2D eigenvalue weighted by Gasteiger charge is 2.47. The van der Waals surface area contributed by atoms with Gasteiger partial charge in [0.2, 0.25) is 5.91 Å². The Bertz CT molecular complexity index is 1220. The van der Waals surface area contributed by atoms with E-state index < -0.39 is 27.2 Å². The van der Waals surface area contributed by atoms with E-state index in [2.05, 4.69) is 0 Å². The van der Waals surface area contributed by atoms with Gasteiger partial charge in [0.25, 0.3) is 0 Å². The molecule has 3 atom stereocenters. The molecule has 3 aromatic rings. The fourth-order valence-electron chi connectivity index (χ4n) is 4.83. The first-order valence-electron chi connectivity index (χ1n) is 12.5. The Morgan fingerprint density at radius 2 is 1.49 bits per heavy atom. The van der Waals surface area contributed by atoms with Gasteiger partial charge in [-0.25, -0.2) is 8.42 Å². The van der Waals surface area contributed by atoms with E-state index in [4.69, 9.17) is 9.47 Å². The normalized spacial score (nSPS) is 19.1. The molecular formula is C29H33NO6S. The van der Waals surface area contributed by atoms with Gasteiger partial charge in [0.1, 0.15) is 6.79 Å². The molecule has 8 heteroatoms. The van der Waals surface area contributed by atoms with E-state index >= 15 is 0 Å². The van der Waals surface area contributed by atoms with Gasteiger partial charge in [-0.15, -0.1) is 0 Å². The Labute approximate surface area is 218 Å². The number of benzene rings is 3. The van der Waals surface area contributed by atoms with Gasteiger partial charge in [0.05, 0.1) is 28.9 Å². The number of hydrogen-bond donors (Lipinski definition) is 1. The Morgan fingerprint density at radius 3 is 2.11 bits per heavy atom. The summed E-state index contributed by atoms with van der Waals surface area (Å²) in [6.07, 6.45) is -0.269. The van der Waals surface area contributed by atoms with Gasteiger partial charge in [0.15, 0.2) is 9.84 Å². The second kappa shape index (κ2) is 13.0. The minimum absolute atomic E-state index is 0.0957. The number of carbonyl (C=O) groups excluding carboxylic acids is 1. The lowest BCUT2D eigenvalue weighted by Gasteiger charge is -2.44. The zero-order valence-electron chi connectivity index (χ0n) is 20.7. The van der Waals surface area contributed by atoms with Gasteiger partial charge in [-0.3, -0.25) is 4.79 Å². The molecule has 1 saturated heterocycles. The highest BCUT2D eigenvalue weighted by molar-refractivity contribution is 7.92. The summed E-state index contributed by atoms with van der Waals surface area (Å²) in [4.78, 5) is 15.0. The van der Waals surface area contributed by atoms with E-state index in [1.165, 1.54) is 0 Å². The molecule has 3 aromatic carbocycles. The molecule has 0 aliphatic carbocycles. The van der Waals surface area contributed by atoms with E-state index in [-0.39, 0.29) is 50.0 Å². The van der Waals surface area contributed by atoms with Crippen molar-refractivity contribution < 1.29 is 27.8 Å². The van der Waals surface area contributed by atoms with Crippen LogP contribution in [0.5, 0.6) is 0 Å². The predicted octanol–water partition coefficient (Wildman–Crippen LogP) is 3.96. The average molecular weight is 524 g/mol. The number of aliphatic hydroxyl groups is 1. The molecule has 1 heterocycles. The van der Waals surface area contributed by atoms with Gasteiger partial charge in [0, 0.05) is 19.6 Å². The van der Waals surface area contributed by atoms with Gasteiger partial charge >= 0.3 is 0 Å². The number of rotatable bonds is 12. The maximum Gasteiger partial charge on any atom is 0.223 e. The molecule has 1 N–H and O–H groups in total. The van der Waals surface area contributed by atoms with Gasteiger partial charge in [-0.05, 0) is 36.1 Å². The van der Waals surface area contributed by atoms with Crippen molar-refractivity contribution >= 4 is 15.7 Å². The first kappa shape index (κ1) is 27.0. The summed E-state index contributed by atoms with van der Waals surface area (Å²) in [6.45, 7) is 0.268. The van der Waals surface area contributed by atoms with Crippen LogP contribution in [0.1, 0.15) is 30.4 Å². The van der Waals surface area contributed by atoms with Crippen molar-refractivity contribution in [3.8, 4) is 0 Å². The Balaban J connectivity index is 1.62. The summed E-state index contributed by atoms with van der Waals surface area (Å²) < 4.78 is 39.5. The van der Waals surface area contributed by atoms with Gasteiger partial charge < -0.3 is 19.5 Å². The summed E-state index contributed by atoms with van der Waals surface area (Å²) in [7, 11) is -3.79. The molecule has 196 valence electrons. The number of sulfone groups is 1. The van der Waals surface area contributed by atoms with Gasteiger partial charge in [-0.2, -0.15) is 0 Å². The first-order valence-corrected chi connectivity index (χ1v) is 14.0. The summed E-state index contributed by atoms with van der Waals surface area (Å²) in [5.74, 6) is -0.134. The lowest BCUT2D eigenvalue weighted by atomic mass is 9.93. The van der Waals surface area contributed by atoms with Crippen molar-refractivity contribution in [3.63, 3.8) is 0 Å². The maximum atomic E-state index is 13.8. The zero-order valence-corrected chi connectivity index (χ0v) is 21.5. The van der Waals surface area contributed by atoms with E-state index in [1.54, 1.807) is 35.2 Å². The largest absolute Gasteiger partial charge is 0.396 e. The van der Waals surface area contributed by atoms with Crippen LogP contribution in [0.4, 0.5) is 0 Å². The number of piperidine rings is 1. The van der Waals surface area contributed by atoms with Crippen LogP contribution in [0.15, 0.2) is 95.9 Å². The van der Waals surface area contributed by atoms with Crippen LogP contribution in [0.25, 0.3) is 0 Å². The first-order chi connectivity index (χ1) is 18.0. The van der Waals surface area contributed by atoms with E-state index in [0.717, 1.165) is 11.1 Å². The second-order valence-corrected chi connectivity index (χ2v) is 11.3.